The second-order valence-corrected chi connectivity index (χ2v) is 6.35. The molecular weight excluding hydrogens is 268 g/mol. The van der Waals surface area contributed by atoms with Gasteiger partial charge in [0.2, 0.25) is 0 Å². The molecule has 0 saturated heterocycles. The van der Waals surface area contributed by atoms with Gasteiger partial charge in [-0.05, 0) is 72.6 Å². The molecule has 1 heteroatoms. The van der Waals surface area contributed by atoms with E-state index in [1.165, 1.54) is 41.6 Å². The number of allylic oxidation sites excluding steroid dienone is 7. The third-order valence-electron chi connectivity index (χ3n) is 4.09. The smallest absolute Gasteiger partial charge is 0.0614 e. The molecule has 0 aromatic rings. The highest BCUT2D eigenvalue weighted by molar-refractivity contribution is 5.07. The quantitative estimate of drug-likeness (QED) is 0.431. The van der Waals surface area contributed by atoms with Gasteiger partial charge in [0, 0.05) is 0 Å². The Labute approximate surface area is 138 Å². The average molecular weight is 305 g/mol. The molecule has 1 nitrogen and oxygen atoms in total. The van der Waals surface area contributed by atoms with Crippen molar-refractivity contribution in [2.45, 2.75) is 79.6 Å². The number of rotatable bonds is 11. The summed E-state index contributed by atoms with van der Waals surface area (Å²) >= 11 is 0. The largest absolute Gasteiger partial charge is 0.392 e. The SMILES string of the molecule is CC/C(C)=C\CC/C(C)=C/CC/C(C)=C/CC/C(C)=C/CO. The standard InChI is InChI=1S/C21H36O/c1-6-18(2)10-7-11-19(3)12-8-13-20(4)14-9-15-21(5)16-17-22/h10,12,14,16,22H,6-9,11,13,15,17H2,1-5H3/b18-10-,19-12+,20-14+,21-16+. The maximum atomic E-state index is 8.82. The van der Waals surface area contributed by atoms with Crippen LogP contribution in [0.2, 0.25) is 0 Å². The minimum absolute atomic E-state index is 0.158. The Hall–Kier alpha value is -1.08. The molecule has 126 valence electrons. The molecule has 0 unspecified atom stereocenters. The van der Waals surface area contributed by atoms with Crippen molar-refractivity contribution < 1.29 is 5.11 Å². The fourth-order valence-corrected chi connectivity index (χ4v) is 2.25. The minimum atomic E-state index is 0.158. The number of aliphatic hydroxyl groups excluding tert-OH is 1. The molecule has 0 heterocycles. The molecule has 0 radical (unpaired) electrons. The van der Waals surface area contributed by atoms with Crippen LogP contribution in [0, 0.1) is 0 Å². The second kappa shape index (κ2) is 13.6. The molecule has 0 amide bonds. The Morgan fingerprint density at radius 2 is 1.00 bits per heavy atom. The van der Waals surface area contributed by atoms with Crippen LogP contribution in [0.5, 0.6) is 0 Å². The first-order valence-electron chi connectivity index (χ1n) is 8.73. The lowest BCUT2D eigenvalue weighted by Gasteiger charge is -2.02. The van der Waals surface area contributed by atoms with Crippen LogP contribution in [0.25, 0.3) is 0 Å². The molecule has 0 saturated carbocycles. The summed E-state index contributed by atoms with van der Waals surface area (Å²) in [5.41, 5.74) is 5.76. The zero-order valence-electron chi connectivity index (χ0n) is 15.4. The topological polar surface area (TPSA) is 20.2 Å². The van der Waals surface area contributed by atoms with Gasteiger partial charge < -0.3 is 5.11 Å². The van der Waals surface area contributed by atoms with E-state index in [9.17, 15) is 0 Å². The molecule has 0 aliphatic carbocycles. The minimum Gasteiger partial charge on any atom is -0.392 e. The van der Waals surface area contributed by atoms with Gasteiger partial charge >= 0.3 is 0 Å². The first-order valence-corrected chi connectivity index (χ1v) is 8.73. The molecule has 1 N–H and O–H groups in total. The van der Waals surface area contributed by atoms with Gasteiger partial charge in [0.1, 0.15) is 0 Å². The van der Waals surface area contributed by atoms with Crippen molar-refractivity contribution in [2.75, 3.05) is 6.61 Å². The van der Waals surface area contributed by atoms with E-state index in [4.69, 9.17) is 5.11 Å². The molecule has 0 aromatic heterocycles. The zero-order valence-corrected chi connectivity index (χ0v) is 15.4. The maximum Gasteiger partial charge on any atom is 0.0614 e. The molecule has 0 aliphatic rings. The molecule has 0 rings (SSSR count). The Morgan fingerprint density at radius 1 is 0.636 bits per heavy atom. The predicted octanol–water partition coefficient (Wildman–Crippen LogP) is 6.51. The van der Waals surface area contributed by atoms with Crippen molar-refractivity contribution in [3.05, 3.63) is 46.6 Å². The average Bonchev–Trinajstić information content (AvgIpc) is 2.47. The number of aliphatic hydroxyl groups is 1. The van der Waals surface area contributed by atoms with Crippen LogP contribution < -0.4 is 0 Å². The lowest BCUT2D eigenvalue weighted by Crippen LogP contribution is -1.83. The third-order valence-corrected chi connectivity index (χ3v) is 4.09. The van der Waals surface area contributed by atoms with E-state index in [1.54, 1.807) is 0 Å². The van der Waals surface area contributed by atoms with Gasteiger partial charge in [-0.25, -0.2) is 0 Å². The van der Waals surface area contributed by atoms with Gasteiger partial charge in [-0.1, -0.05) is 53.5 Å². The first-order chi connectivity index (χ1) is 10.5. The van der Waals surface area contributed by atoms with Crippen LogP contribution >= 0.6 is 0 Å². The van der Waals surface area contributed by atoms with Gasteiger partial charge in [0.15, 0.2) is 0 Å². The molecule has 0 bridgehead atoms. The molecule has 0 fully saturated rings. The summed E-state index contributed by atoms with van der Waals surface area (Å²) in [6.45, 7) is 11.1. The van der Waals surface area contributed by atoms with Crippen molar-refractivity contribution in [1.29, 1.82) is 0 Å². The van der Waals surface area contributed by atoms with Crippen LogP contribution in [0.1, 0.15) is 79.6 Å². The highest BCUT2D eigenvalue weighted by atomic mass is 16.2. The van der Waals surface area contributed by atoms with Crippen molar-refractivity contribution in [3.8, 4) is 0 Å². The summed E-state index contributed by atoms with van der Waals surface area (Å²) in [5.74, 6) is 0. The summed E-state index contributed by atoms with van der Waals surface area (Å²) in [7, 11) is 0. The molecular formula is C21H36O. The molecule has 22 heavy (non-hydrogen) atoms. The predicted molar refractivity (Wildman–Crippen MR) is 100 cm³/mol. The van der Waals surface area contributed by atoms with Gasteiger partial charge in [0.25, 0.3) is 0 Å². The van der Waals surface area contributed by atoms with Crippen LogP contribution in [0.15, 0.2) is 46.6 Å². The summed E-state index contributed by atoms with van der Waals surface area (Å²) < 4.78 is 0. The summed E-state index contributed by atoms with van der Waals surface area (Å²) in [4.78, 5) is 0. The number of hydrogen-bond acceptors (Lipinski definition) is 1. The van der Waals surface area contributed by atoms with Gasteiger partial charge in [-0.3, -0.25) is 0 Å². The Morgan fingerprint density at radius 3 is 1.36 bits per heavy atom. The van der Waals surface area contributed by atoms with Crippen molar-refractivity contribution in [1.82, 2.24) is 0 Å². The highest BCUT2D eigenvalue weighted by Crippen LogP contribution is 2.13. The first kappa shape index (κ1) is 20.9. The van der Waals surface area contributed by atoms with Crippen molar-refractivity contribution in [2.24, 2.45) is 0 Å². The molecule has 0 aliphatic heterocycles. The summed E-state index contributed by atoms with van der Waals surface area (Å²) in [6, 6.07) is 0. The summed E-state index contributed by atoms with van der Waals surface area (Å²) in [6.07, 6.45) is 17.0. The fraction of sp³-hybridized carbons (Fsp3) is 0.619. The normalized spacial score (nSPS) is 14.6. The monoisotopic (exact) mass is 304 g/mol. The Bertz CT molecular complexity index is 408. The van der Waals surface area contributed by atoms with E-state index >= 15 is 0 Å². The third kappa shape index (κ3) is 12.6. The lowest BCUT2D eigenvalue weighted by molar-refractivity contribution is 0.341. The number of hydrogen-bond donors (Lipinski definition) is 1. The van der Waals surface area contributed by atoms with E-state index in [0.29, 0.717) is 0 Å². The van der Waals surface area contributed by atoms with Gasteiger partial charge in [-0.15, -0.1) is 0 Å². The van der Waals surface area contributed by atoms with E-state index in [2.05, 4.69) is 52.8 Å². The zero-order chi connectivity index (χ0) is 16.8. The van der Waals surface area contributed by atoms with Crippen LogP contribution in [0.4, 0.5) is 0 Å². The second-order valence-electron chi connectivity index (χ2n) is 6.35. The van der Waals surface area contributed by atoms with E-state index in [1.807, 2.05) is 6.08 Å². The summed E-state index contributed by atoms with van der Waals surface area (Å²) in [5, 5.41) is 8.82. The molecule has 0 atom stereocenters. The highest BCUT2D eigenvalue weighted by Gasteiger charge is 1.93. The van der Waals surface area contributed by atoms with Crippen LogP contribution in [-0.4, -0.2) is 11.7 Å². The van der Waals surface area contributed by atoms with E-state index in [0.717, 1.165) is 25.7 Å². The van der Waals surface area contributed by atoms with Crippen LogP contribution in [-0.2, 0) is 0 Å². The maximum absolute atomic E-state index is 8.82. The van der Waals surface area contributed by atoms with Gasteiger partial charge in [-0.2, -0.15) is 0 Å². The van der Waals surface area contributed by atoms with Crippen molar-refractivity contribution >= 4 is 0 Å². The van der Waals surface area contributed by atoms with Crippen molar-refractivity contribution in [3.63, 3.8) is 0 Å². The fourth-order valence-electron chi connectivity index (χ4n) is 2.25. The van der Waals surface area contributed by atoms with E-state index < -0.39 is 0 Å². The van der Waals surface area contributed by atoms with Gasteiger partial charge in [0.05, 0.1) is 6.61 Å². The Kier molecular flexibility index (Phi) is 12.9. The molecule has 0 spiro atoms. The molecule has 0 aromatic carbocycles. The van der Waals surface area contributed by atoms with E-state index in [-0.39, 0.29) is 6.61 Å². The lowest BCUT2D eigenvalue weighted by atomic mass is 10.0. The Balaban J connectivity index is 3.96. The van der Waals surface area contributed by atoms with Crippen LogP contribution in [0.3, 0.4) is 0 Å².